The van der Waals surface area contributed by atoms with Crippen molar-refractivity contribution < 1.29 is 0 Å². The first-order valence-electron chi connectivity index (χ1n) is 7.89. The Hall–Kier alpha value is -1.75. The van der Waals surface area contributed by atoms with Gasteiger partial charge >= 0.3 is 0 Å². The maximum atomic E-state index is 4.73. The quantitative estimate of drug-likeness (QED) is 0.757. The second-order valence-electron chi connectivity index (χ2n) is 5.04. The highest BCUT2D eigenvalue weighted by Gasteiger charge is 2.17. The first-order chi connectivity index (χ1) is 10.3. The molecule has 0 atom stereocenters. The van der Waals surface area contributed by atoms with Gasteiger partial charge in [0.1, 0.15) is 0 Å². The molecule has 0 aromatic carbocycles. The minimum absolute atomic E-state index is 0.664. The van der Waals surface area contributed by atoms with Crippen molar-refractivity contribution in [1.82, 2.24) is 25.1 Å². The second kappa shape index (κ2) is 7.88. The number of nitrogens with one attached hydrogen (secondary N) is 1. The third-order valence-electron chi connectivity index (χ3n) is 3.56. The monoisotopic (exact) mass is 287 g/mol. The van der Waals surface area contributed by atoms with Crippen LogP contribution in [0.25, 0.3) is 5.95 Å². The number of hydrogen-bond acceptors (Lipinski definition) is 4. The predicted molar refractivity (Wildman–Crippen MR) is 84.8 cm³/mol. The molecule has 0 amide bonds. The topological polar surface area (TPSA) is 55.6 Å². The van der Waals surface area contributed by atoms with Gasteiger partial charge in [0.2, 0.25) is 0 Å². The Bertz CT molecular complexity index is 547. The zero-order valence-corrected chi connectivity index (χ0v) is 13.3. The maximum Gasteiger partial charge on any atom is 0.250 e. The van der Waals surface area contributed by atoms with Crippen molar-refractivity contribution in [2.45, 2.75) is 46.5 Å². The van der Waals surface area contributed by atoms with E-state index in [2.05, 4.69) is 36.1 Å². The largest absolute Gasteiger partial charge is 0.316 e. The third-order valence-corrected chi connectivity index (χ3v) is 3.56. The molecule has 0 saturated heterocycles. The fraction of sp³-hybridized carbons (Fsp3) is 0.562. The van der Waals surface area contributed by atoms with Crippen LogP contribution >= 0.6 is 0 Å². The van der Waals surface area contributed by atoms with Gasteiger partial charge in [-0.05, 0) is 50.4 Å². The Morgan fingerprint density at radius 1 is 1.05 bits per heavy atom. The van der Waals surface area contributed by atoms with Crippen LogP contribution in [0.1, 0.15) is 44.1 Å². The predicted octanol–water partition coefficient (Wildman–Crippen LogP) is 2.33. The lowest BCUT2D eigenvalue weighted by Crippen LogP contribution is -2.18. The third kappa shape index (κ3) is 3.67. The van der Waals surface area contributed by atoms with Crippen molar-refractivity contribution in [3.05, 3.63) is 35.4 Å². The van der Waals surface area contributed by atoms with Crippen molar-refractivity contribution in [2.75, 3.05) is 13.1 Å². The molecule has 1 N–H and O–H groups in total. The second-order valence-corrected chi connectivity index (χ2v) is 5.04. The van der Waals surface area contributed by atoms with Gasteiger partial charge in [-0.1, -0.05) is 20.8 Å². The van der Waals surface area contributed by atoms with Gasteiger partial charge in [0.15, 0.2) is 0 Å². The van der Waals surface area contributed by atoms with E-state index in [1.165, 1.54) is 17.7 Å². The summed E-state index contributed by atoms with van der Waals surface area (Å²) in [5.41, 5.74) is 3.75. The molecule has 0 aliphatic heterocycles. The number of hydrogen-bond donors (Lipinski definition) is 1. The molecule has 0 unspecified atom stereocenters. The van der Waals surface area contributed by atoms with Crippen molar-refractivity contribution in [2.24, 2.45) is 0 Å². The van der Waals surface area contributed by atoms with E-state index in [0.29, 0.717) is 5.95 Å². The number of aromatic nitrogens is 4. The van der Waals surface area contributed by atoms with E-state index in [9.17, 15) is 0 Å². The van der Waals surface area contributed by atoms with Crippen LogP contribution in [0, 0.1) is 0 Å². The lowest BCUT2D eigenvalue weighted by molar-refractivity contribution is 0.666. The summed E-state index contributed by atoms with van der Waals surface area (Å²) in [4.78, 5) is 8.66. The average Bonchev–Trinajstić information content (AvgIpc) is 2.90. The summed E-state index contributed by atoms with van der Waals surface area (Å²) in [5, 5.41) is 8.20. The van der Waals surface area contributed by atoms with Gasteiger partial charge in [-0.15, -0.1) is 0 Å². The van der Waals surface area contributed by atoms with Crippen LogP contribution < -0.4 is 5.32 Å². The maximum absolute atomic E-state index is 4.73. The molecule has 2 aromatic heterocycles. The molecule has 0 radical (unpaired) electrons. The van der Waals surface area contributed by atoms with Crippen LogP contribution in [0.2, 0.25) is 0 Å². The summed E-state index contributed by atoms with van der Waals surface area (Å²) < 4.78 is 1.91. The molecule has 0 bridgehead atoms. The van der Waals surface area contributed by atoms with Gasteiger partial charge in [0.05, 0.1) is 11.4 Å². The van der Waals surface area contributed by atoms with E-state index in [4.69, 9.17) is 5.10 Å². The van der Waals surface area contributed by atoms with Crippen LogP contribution in [0.5, 0.6) is 0 Å². The molecule has 5 heteroatoms. The van der Waals surface area contributed by atoms with Gasteiger partial charge in [0, 0.05) is 12.4 Å². The molecular weight excluding hydrogens is 262 g/mol. The van der Waals surface area contributed by atoms with Gasteiger partial charge in [0.25, 0.3) is 5.95 Å². The molecule has 2 heterocycles. The summed E-state index contributed by atoms with van der Waals surface area (Å²) in [6.07, 6.45) is 7.58. The van der Waals surface area contributed by atoms with E-state index in [1.54, 1.807) is 12.4 Å². The summed E-state index contributed by atoms with van der Waals surface area (Å²) in [7, 11) is 0. The Kier molecular flexibility index (Phi) is 5.87. The van der Waals surface area contributed by atoms with Gasteiger partial charge < -0.3 is 5.32 Å². The number of aryl methyl sites for hydroxylation is 1. The molecule has 2 rings (SSSR count). The molecule has 0 fully saturated rings. The first kappa shape index (κ1) is 15.6. The van der Waals surface area contributed by atoms with Crippen molar-refractivity contribution in [3.8, 4) is 5.95 Å². The standard InChI is InChI=1S/C16H25N5/c1-4-9-17-12-8-13-14(5-2)20-21(15(13)6-3)16-18-10-7-11-19-16/h7,10-11,17H,4-6,8-9,12H2,1-3H3. The van der Waals surface area contributed by atoms with Gasteiger partial charge in [-0.25, -0.2) is 14.6 Å². The fourth-order valence-corrected chi connectivity index (χ4v) is 2.55. The van der Waals surface area contributed by atoms with E-state index in [-0.39, 0.29) is 0 Å². The van der Waals surface area contributed by atoms with Crippen LogP contribution in [-0.4, -0.2) is 32.8 Å². The normalized spacial score (nSPS) is 11.0. The molecule has 21 heavy (non-hydrogen) atoms. The van der Waals surface area contributed by atoms with E-state index < -0.39 is 0 Å². The van der Waals surface area contributed by atoms with Crippen LogP contribution in [0.4, 0.5) is 0 Å². The summed E-state index contributed by atoms with van der Waals surface area (Å²) in [6, 6.07) is 1.83. The van der Waals surface area contributed by atoms with E-state index in [0.717, 1.165) is 38.0 Å². The Morgan fingerprint density at radius 3 is 2.43 bits per heavy atom. The Balaban J connectivity index is 2.28. The van der Waals surface area contributed by atoms with Gasteiger partial charge in [-0.3, -0.25) is 0 Å². The highest BCUT2D eigenvalue weighted by molar-refractivity contribution is 5.31. The Labute approximate surface area is 126 Å². The molecular formula is C16H25N5. The minimum atomic E-state index is 0.664. The smallest absolute Gasteiger partial charge is 0.250 e. The highest BCUT2D eigenvalue weighted by Crippen LogP contribution is 2.19. The molecule has 5 nitrogen and oxygen atoms in total. The SMILES string of the molecule is CCCNCCc1c(CC)nn(-c2ncccn2)c1CC. The molecule has 0 aliphatic carbocycles. The fourth-order valence-electron chi connectivity index (χ4n) is 2.55. The molecule has 0 saturated carbocycles. The molecule has 0 spiro atoms. The van der Waals surface area contributed by atoms with E-state index >= 15 is 0 Å². The molecule has 2 aromatic rings. The summed E-state index contributed by atoms with van der Waals surface area (Å²) in [5.74, 6) is 0.664. The minimum Gasteiger partial charge on any atom is -0.316 e. The number of nitrogens with zero attached hydrogens (tertiary/aromatic N) is 4. The first-order valence-corrected chi connectivity index (χ1v) is 7.89. The molecule has 0 aliphatic rings. The van der Waals surface area contributed by atoms with Crippen molar-refractivity contribution in [3.63, 3.8) is 0 Å². The van der Waals surface area contributed by atoms with Crippen molar-refractivity contribution in [1.29, 1.82) is 0 Å². The lowest BCUT2D eigenvalue weighted by Gasteiger charge is -2.07. The highest BCUT2D eigenvalue weighted by atomic mass is 15.4. The summed E-state index contributed by atoms with van der Waals surface area (Å²) >= 11 is 0. The summed E-state index contributed by atoms with van der Waals surface area (Å²) in [6.45, 7) is 8.57. The average molecular weight is 287 g/mol. The van der Waals surface area contributed by atoms with E-state index in [1.807, 2.05) is 10.7 Å². The molecule has 114 valence electrons. The number of rotatable bonds is 8. The lowest BCUT2D eigenvalue weighted by atomic mass is 10.1. The zero-order valence-electron chi connectivity index (χ0n) is 13.3. The Morgan fingerprint density at radius 2 is 1.81 bits per heavy atom. The zero-order chi connectivity index (χ0) is 15.1. The van der Waals surface area contributed by atoms with Crippen molar-refractivity contribution >= 4 is 0 Å². The van der Waals surface area contributed by atoms with Crippen LogP contribution in [0.15, 0.2) is 18.5 Å². The van der Waals surface area contributed by atoms with Crippen LogP contribution in [-0.2, 0) is 19.3 Å². The van der Waals surface area contributed by atoms with Crippen LogP contribution in [0.3, 0.4) is 0 Å². The van der Waals surface area contributed by atoms with Gasteiger partial charge in [-0.2, -0.15) is 5.10 Å².